The van der Waals surface area contributed by atoms with Crippen molar-refractivity contribution in [1.29, 1.82) is 0 Å². The minimum atomic E-state index is -0.103. The number of aromatic nitrogens is 2. The molecule has 4 rings (SSSR count). The van der Waals surface area contributed by atoms with Crippen molar-refractivity contribution < 1.29 is 4.79 Å². The zero-order valence-corrected chi connectivity index (χ0v) is 22.5. The molecular weight excluding hydrogens is 464 g/mol. The monoisotopic (exact) mass is 498 g/mol. The van der Waals surface area contributed by atoms with Crippen molar-refractivity contribution in [2.24, 2.45) is 0 Å². The highest BCUT2D eigenvalue weighted by molar-refractivity contribution is 7.10. The van der Waals surface area contributed by atoms with Gasteiger partial charge in [-0.3, -0.25) is 14.7 Å². The number of carbonyl (C=O) groups excluding carboxylic acids is 1. The number of aryl methyl sites for hydroxylation is 1. The van der Waals surface area contributed by atoms with Gasteiger partial charge in [-0.2, -0.15) is 0 Å². The molecule has 0 saturated heterocycles. The fourth-order valence-electron chi connectivity index (χ4n) is 4.28. The van der Waals surface area contributed by atoms with Gasteiger partial charge in [-0.05, 0) is 87.7 Å². The second kappa shape index (κ2) is 11.6. The molecular formula is C30H34N4OS. The van der Waals surface area contributed by atoms with Crippen LogP contribution >= 0.6 is 11.3 Å². The first-order valence-corrected chi connectivity index (χ1v) is 13.3. The lowest BCUT2D eigenvalue weighted by Crippen LogP contribution is -2.36. The third-order valence-electron chi connectivity index (χ3n) is 6.37. The Labute approximate surface area is 218 Å². The quantitative estimate of drug-likeness (QED) is 0.271. The van der Waals surface area contributed by atoms with E-state index in [4.69, 9.17) is 4.98 Å². The highest BCUT2D eigenvalue weighted by Crippen LogP contribution is 2.25. The summed E-state index contributed by atoms with van der Waals surface area (Å²) in [5.41, 5.74) is 6.94. The van der Waals surface area contributed by atoms with Crippen LogP contribution < -0.4 is 5.32 Å². The summed E-state index contributed by atoms with van der Waals surface area (Å²) in [6, 6.07) is 18.9. The summed E-state index contributed by atoms with van der Waals surface area (Å²) in [5.74, 6) is -0.103. The molecule has 2 aromatic heterocycles. The van der Waals surface area contributed by atoms with Gasteiger partial charge in [0.05, 0.1) is 10.7 Å². The summed E-state index contributed by atoms with van der Waals surface area (Å²) in [4.78, 5) is 24.4. The average molecular weight is 499 g/mol. The molecule has 0 aliphatic heterocycles. The van der Waals surface area contributed by atoms with Crippen molar-refractivity contribution >= 4 is 22.9 Å². The van der Waals surface area contributed by atoms with Crippen LogP contribution in [0.25, 0.3) is 11.3 Å². The number of nitrogens with zero attached hydrogens (tertiary/aromatic N) is 3. The van der Waals surface area contributed by atoms with E-state index in [9.17, 15) is 4.79 Å². The molecule has 1 N–H and O–H groups in total. The molecule has 0 bridgehead atoms. The molecule has 2 heterocycles. The van der Waals surface area contributed by atoms with Crippen LogP contribution in [-0.2, 0) is 13.0 Å². The molecule has 0 aliphatic carbocycles. The van der Waals surface area contributed by atoms with E-state index in [2.05, 4.69) is 79.5 Å². The first-order chi connectivity index (χ1) is 17.3. The third kappa shape index (κ3) is 6.45. The Balaban J connectivity index is 1.42. The van der Waals surface area contributed by atoms with Crippen LogP contribution in [0.2, 0.25) is 0 Å². The molecule has 0 saturated carbocycles. The highest BCUT2D eigenvalue weighted by Gasteiger charge is 2.15. The first kappa shape index (κ1) is 25.7. The molecule has 0 spiro atoms. The third-order valence-corrected chi connectivity index (χ3v) is 7.21. The summed E-state index contributed by atoms with van der Waals surface area (Å²) in [6.07, 6.45) is 4.32. The molecule has 1 amide bonds. The van der Waals surface area contributed by atoms with Gasteiger partial charge in [0.15, 0.2) is 0 Å². The predicted molar refractivity (Wildman–Crippen MR) is 150 cm³/mol. The number of carbonyl (C=O) groups is 1. The number of amides is 1. The SMILES string of the molecule is Cc1ccc(NC(=O)c2ccc(CN(C(C)C)C(C)C)cc2)cc1Cc1nc(-c2cccnc2)cs1. The molecule has 0 radical (unpaired) electrons. The summed E-state index contributed by atoms with van der Waals surface area (Å²) in [6.45, 7) is 11.8. The highest BCUT2D eigenvalue weighted by atomic mass is 32.1. The van der Waals surface area contributed by atoms with Gasteiger partial charge in [0.1, 0.15) is 0 Å². The topological polar surface area (TPSA) is 58.1 Å². The normalized spacial score (nSPS) is 11.4. The van der Waals surface area contributed by atoms with Crippen molar-refractivity contribution in [2.45, 2.75) is 59.7 Å². The summed E-state index contributed by atoms with van der Waals surface area (Å²) >= 11 is 1.64. The van der Waals surface area contributed by atoms with Crippen molar-refractivity contribution in [2.75, 3.05) is 5.32 Å². The maximum Gasteiger partial charge on any atom is 0.255 e. The minimum absolute atomic E-state index is 0.103. The average Bonchev–Trinajstić information content (AvgIpc) is 3.33. The summed E-state index contributed by atoms with van der Waals surface area (Å²) < 4.78 is 0. The lowest BCUT2D eigenvalue weighted by atomic mass is 10.0. The first-order valence-electron chi connectivity index (χ1n) is 12.4. The van der Waals surface area contributed by atoms with Crippen molar-refractivity contribution in [1.82, 2.24) is 14.9 Å². The fourth-order valence-corrected chi connectivity index (χ4v) is 5.10. The van der Waals surface area contributed by atoms with Gasteiger partial charge in [0, 0.05) is 59.6 Å². The van der Waals surface area contributed by atoms with Gasteiger partial charge in [-0.25, -0.2) is 4.98 Å². The van der Waals surface area contributed by atoms with Crippen molar-refractivity contribution in [3.8, 4) is 11.3 Å². The number of hydrogen-bond donors (Lipinski definition) is 1. The van der Waals surface area contributed by atoms with Gasteiger partial charge in [0.2, 0.25) is 0 Å². The van der Waals surface area contributed by atoms with E-state index in [0.717, 1.165) is 40.5 Å². The molecule has 0 aliphatic rings. The fraction of sp³-hybridized carbons (Fsp3) is 0.300. The second-order valence-corrected chi connectivity index (χ2v) is 10.6. The lowest BCUT2D eigenvalue weighted by molar-refractivity contribution is 0.102. The molecule has 0 atom stereocenters. The van der Waals surface area contributed by atoms with E-state index in [-0.39, 0.29) is 5.91 Å². The molecule has 5 nitrogen and oxygen atoms in total. The van der Waals surface area contributed by atoms with E-state index < -0.39 is 0 Å². The zero-order valence-electron chi connectivity index (χ0n) is 21.7. The van der Waals surface area contributed by atoms with E-state index >= 15 is 0 Å². The number of nitrogens with one attached hydrogen (secondary N) is 1. The van der Waals surface area contributed by atoms with Crippen LogP contribution in [-0.4, -0.2) is 32.9 Å². The molecule has 2 aromatic carbocycles. The van der Waals surface area contributed by atoms with Crippen LogP contribution in [0.1, 0.15) is 59.8 Å². The number of hydrogen-bond acceptors (Lipinski definition) is 5. The Kier molecular flexibility index (Phi) is 8.28. The van der Waals surface area contributed by atoms with Crippen LogP contribution in [0.5, 0.6) is 0 Å². The van der Waals surface area contributed by atoms with Crippen molar-refractivity contribution in [3.05, 3.63) is 99.6 Å². The largest absolute Gasteiger partial charge is 0.322 e. The maximum atomic E-state index is 12.9. The number of anilines is 1. The Morgan fingerprint density at radius 1 is 1.03 bits per heavy atom. The molecule has 0 fully saturated rings. The number of benzene rings is 2. The Morgan fingerprint density at radius 2 is 1.78 bits per heavy atom. The van der Waals surface area contributed by atoms with Crippen LogP contribution in [0.15, 0.2) is 72.4 Å². The van der Waals surface area contributed by atoms with Crippen molar-refractivity contribution in [3.63, 3.8) is 0 Å². The van der Waals surface area contributed by atoms with E-state index in [1.807, 2.05) is 36.5 Å². The van der Waals surface area contributed by atoms with Crippen LogP contribution in [0.3, 0.4) is 0 Å². The van der Waals surface area contributed by atoms with Crippen LogP contribution in [0, 0.1) is 6.92 Å². The Hall–Kier alpha value is -3.35. The van der Waals surface area contributed by atoms with Gasteiger partial charge >= 0.3 is 0 Å². The Morgan fingerprint density at radius 3 is 2.44 bits per heavy atom. The summed E-state index contributed by atoms with van der Waals surface area (Å²) in [5, 5.41) is 6.17. The van der Waals surface area contributed by atoms with Crippen LogP contribution in [0.4, 0.5) is 5.69 Å². The van der Waals surface area contributed by atoms with Gasteiger partial charge in [-0.1, -0.05) is 18.2 Å². The molecule has 36 heavy (non-hydrogen) atoms. The van der Waals surface area contributed by atoms with Gasteiger partial charge in [0.25, 0.3) is 5.91 Å². The molecule has 6 heteroatoms. The van der Waals surface area contributed by atoms with E-state index in [1.54, 1.807) is 17.5 Å². The Bertz CT molecular complexity index is 1290. The smallest absolute Gasteiger partial charge is 0.255 e. The molecule has 4 aromatic rings. The number of rotatable bonds is 9. The van der Waals surface area contributed by atoms with E-state index in [1.165, 1.54) is 11.1 Å². The number of thiazole rings is 1. The maximum absolute atomic E-state index is 12.9. The zero-order chi connectivity index (χ0) is 25.7. The molecule has 0 unspecified atom stereocenters. The number of pyridine rings is 1. The van der Waals surface area contributed by atoms with E-state index in [0.29, 0.717) is 17.6 Å². The molecule has 186 valence electrons. The second-order valence-electron chi connectivity index (χ2n) is 9.70. The van der Waals surface area contributed by atoms with Gasteiger partial charge < -0.3 is 5.32 Å². The minimum Gasteiger partial charge on any atom is -0.322 e. The van der Waals surface area contributed by atoms with Gasteiger partial charge in [-0.15, -0.1) is 11.3 Å². The standard InChI is InChI=1S/C30H34N4OS/c1-20(2)34(21(3)4)18-23-9-11-24(12-10-23)30(35)32-27-13-8-22(5)26(15-27)16-29-33-28(19-36-29)25-7-6-14-31-17-25/h6-15,17,19-21H,16,18H2,1-5H3,(H,32,35). The lowest BCUT2D eigenvalue weighted by Gasteiger charge is -2.30. The summed E-state index contributed by atoms with van der Waals surface area (Å²) in [7, 11) is 0. The predicted octanol–water partition coefficient (Wildman–Crippen LogP) is 6.98.